The topological polar surface area (TPSA) is 103 Å². The maximum absolute atomic E-state index is 11.7. The first-order chi connectivity index (χ1) is 12.9. The number of carbonyl (C=O) groups is 1. The Hall–Kier alpha value is -2.81. The van der Waals surface area contributed by atoms with E-state index in [-0.39, 0.29) is 23.2 Å². The van der Waals surface area contributed by atoms with Gasteiger partial charge in [-0.25, -0.2) is 0 Å². The number of fused-ring (bicyclic) bond motifs is 1. The van der Waals surface area contributed by atoms with Gasteiger partial charge in [-0.1, -0.05) is 15.9 Å². The van der Waals surface area contributed by atoms with Crippen molar-refractivity contribution in [2.24, 2.45) is 0 Å². The van der Waals surface area contributed by atoms with Crippen LogP contribution in [0.2, 0.25) is 0 Å². The Bertz CT molecular complexity index is 903. The molecule has 0 spiro atoms. The van der Waals surface area contributed by atoms with Gasteiger partial charge in [0.05, 0.1) is 11.0 Å². The predicted octanol–water partition coefficient (Wildman–Crippen LogP) is 3.66. The maximum Gasteiger partial charge on any atom is 0.293 e. The standard InChI is InChI=1S/C18H18BrN3O5/c1-10(12-8-16-17(9-13(12)19)27-6-5-26-16)21-14-4-3-11(18(23)20-2)7-15(14)22(24)25/h3-4,7-10,21H,5-6H2,1-2H3,(H,20,23). The monoisotopic (exact) mass is 435 g/mol. The molecule has 0 aliphatic carbocycles. The third-order valence-electron chi connectivity index (χ3n) is 4.18. The van der Waals surface area contributed by atoms with Gasteiger partial charge in [-0.2, -0.15) is 0 Å². The number of hydrogen-bond donors (Lipinski definition) is 2. The minimum absolute atomic E-state index is 0.170. The molecule has 2 N–H and O–H groups in total. The molecule has 142 valence electrons. The highest BCUT2D eigenvalue weighted by Crippen LogP contribution is 2.39. The van der Waals surface area contributed by atoms with Crippen LogP contribution < -0.4 is 20.1 Å². The summed E-state index contributed by atoms with van der Waals surface area (Å²) in [6.45, 7) is 2.85. The number of hydrogen-bond acceptors (Lipinski definition) is 6. The highest BCUT2D eigenvalue weighted by Gasteiger charge is 2.22. The summed E-state index contributed by atoms with van der Waals surface area (Å²) < 4.78 is 12.0. The van der Waals surface area contributed by atoms with Crippen molar-refractivity contribution >= 4 is 33.2 Å². The third kappa shape index (κ3) is 3.97. The summed E-state index contributed by atoms with van der Waals surface area (Å²) in [6, 6.07) is 7.74. The number of nitro groups is 1. The van der Waals surface area contributed by atoms with Crippen molar-refractivity contribution in [2.45, 2.75) is 13.0 Å². The van der Waals surface area contributed by atoms with Crippen molar-refractivity contribution in [3.05, 3.63) is 56.0 Å². The molecule has 1 unspecified atom stereocenters. The van der Waals surface area contributed by atoms with Crippen LogP contribution in [0.5, 0.6) is 11.5 Å². The molecule has 1 heterocycles. The van der Waals surface area contributed by atoms with E-state index in [2.05, 4.69) is 26.6 Å². The fourth-order valence-electron chi connectivity index (χ4n) is 2.81. The Balaban J connectivity index is 1.91. The van der Waals surface area contributed by atoms with Crippen LogP contribution in [0.4, 0.5) is 11.4 Å². The molecule has 1 amide bonds. The Kier molecular flexibility index (Phi) is 5.50. The zero-order valence-corrected chi connectivity index (χ0v) is 16.3. The first kappa shape index (κ1) is 19.0. The molecule has 3 rings (SSSR count). The van der Waals surface area contributed by atoms with Crippen molar-refractivity contribution in [2.75, 3.05) is 25.6 Å². The van der Waals surface area contributed by atoms with Crippen molar-refractivity contribution in [1.29, 1.82) is 0 Å². The number of nitrogens with one attached hydrogen (secondary N) is 2. The van der Waals surface area contributed by atoms with Crippen LogP contribution in [0.3, 0.4) is 0 Å². The second kappa shape index (κ2) is 7.83. The number of nitro benzene ring substituents is 1. The van der Waals surface area contributed by atoms with E-state index in [1.807, 2.05) is 19.1 Å². The van der Waals surface area contributed by atoms with E-state index in [9.17, 15) is 14.9 Å². The van der Waals surface area contributed by atoms with Crippen LogP contribution in [0, 0.1) is 10.1 Å². The van der Waals surface area contributed by atoms with Crippen molar-refractivity contribution in [1.82, 2.24) is 5.32 Å². The SMILES string of the molecule is CNC(=O)c1ccc(NC(C)c2cc3c(cc2Br)OCCO3)c([N+](=O)[O-])c1. The summed E-state index contributed by atoms with van der Waals surface area (Å²) in [7, 11) is 1.47. The Labute approximate surface area is 164 Å². The average molecular weight is 436 g/mol. The van der Waals surface area contributed by atoms with Gasteiger partial charge in [0.2, 0.25) is 0 Å². The van der Waals surface area contributed by atoms with Gasteiger partial charge in [-0.15, -0.1) is 0 Å². The van der Waals surface area contributed by atoms with Gasteiger partial charge in [0.15, 0.2) is 11.5 Å². The summed E-state index contributed by atoms with van der Waals surface area (Å²) in [5, 5.41) is 17.0. The molecule has 9 heteroatoms. The van der Waals surface area contributed by atoms with E-state index in [0.29, 0.717) is 30.4 Å². The second-order valence-electron chi connectivity index (χ2n) is 5.95. The highest BCUT2D eigenvalue weighted by atomic mass is 79.9. The van der Waals surface area contributed by atoms with Crippen molar-refractivity contribution < 1.29 is 19.2 Å². The molecule has 0 saturated carbocycles. The fourth-order valence-corrected chi connectivity index (χ4v) is 3.48. The lowest BCUT2D eigenvalue weighted by Crippen LogP contribution is -2.18. The van der Waals surface area contributed by atoms with Gasteiger partial charge in [0.25, 0.3) is 11.6 Å². The van der Waals surface area contributed by atoms with E-state index in [1.54, 1.807) is 6.07 Å². The molecule has 1 aliphatic rings. The first-order valence-electron chi connectivity index (χ1n) is 8.26. The quantitative estimate of drug-likeness (QED) is 0.548. The van der Waals surface area contributed by atoms with Crippen LogP contribution in [-0.2, 0) is 0 Å². The van der Waals surface area contributed by atoms with Crippen LogP contribution in [0.1, 0.15) is 28.9 Å². The average Bonchev–Trinajstić information content (AvgIpc) is 2.66. The molecule has 0 fully saturated rings. The number of ether oxygens (including phenoxy) is 2. The van der Waals surface area contributed by atoms with Gasteiger partial charge in [0.1, 0.15) is 18.9 Å². The molecule has 8 nitrogen and oxygen atoms in total. The lowest BCUT2D eigenvalue weighted by molar-refractivity contribution is -0.384. The lowest BCUT2D eigenvalue weighted by atomic mass is 10.1. The Morgan fingerprint density at radius 1 is 1.22 bits per heavy atom. The highest BCUT2D eigenvalue weighted by molar-refractivity contribution is 9.10. The maximum atomic E-state index is 11.7. The van der Waals surface area contributed by atoms with Crippen LogP contribution in [0.15, 0.2) is 34.8 Å². The Morgan fingerprint density at radius 3 is 2.52 bits per heavy atom. The van der Waals surface area contributed by atoms with E-state index in [0.717, 1.165) is 10.0 Å². The van der Waals surface area contributed by atoms with Gasteiger partial charge in [0, 0.05) is 23.2 Å². The molecule has 2 aromatic carbocycles. The number of anilines is 1. The zero-order chi connectivity index (χ0) is 19.6. The van der Waals surface area contributed by atoms with E-state index < -0.39 is 4.92 Å². The number of benzene rings is 2. The van der Waals surface area contributed by atoms with E-state index >= 15 is 0 Å². The van der Waals surface area contributed by atoms with E-state index in [1.165, 1.54) is 19.2 Å². The number of rotatable bonds is 5. The van der Waals surface area contributed by atoms with Crippen LogP contribution in [0.25, 0.3) is 0 Å². The summed E-state index contributed by atoms with van der Waals surface area (Å²) in [4.78, 5) is 22.7. The molecule has 0 radical (unpaired) electrons. The summed E-state index contributed by atoms with van der Waals surface area (Å²) in [6.07, 6.45) is 0. The molecular weight excluding hydrogens is 418 g/mol. The smallest absolute Gasteiger partial charge is 0.293 e. The minimum Gasteiger partial charge on any atom is -0.486 e. The normalized spacial score (nSPS) is 13.6. The summed E-state index contributed by atoms with van der Waals surface area (Å²) in [5.74, 6) is 0.912. The minimum atomic E-state index is -0.514. The zero-order valence-electron chi connectivity index (χ0n) is 14.7. The van der Waals surface area contributed by atoms with E-state index in [4.69, 9.17) is 9.47 Å². The van der Waals surface area contributed by atoms with Crippen molar-refractivity contribution in [3.8, 4) is 11.5 Å². The van der Waals surface area contributed by atoms with Crippen LogP contribution >= 0.6 is 15.9 Å². The second-order valence-corrected chi connectivity index (χ2v) is 6.81. The Morgan fingerprint density at radius 2 is 1.89 bits per heavy atom. The van der Waals surface area contributed by atoms with Gasteiger partial charge >= 0.3 is 0 Å². The molecule has 27 heavy (non-hydrogen) atoms. The fraction of sp³-hybridized carbons (Fsp3) is 0.278. The number of amides is 1. The van der Waals surface area contributed by atoms with Gasteiger partial charge < -0.3 is 20.1 Å². The van der Waals surface area contributed by atoms with Gasteiger partial charge in [-0.3, -0.25) is 14.9 Å². The number of halogens is 1. The van der Waals surface area contributed by atoms with Crippen molar-refractivity contribution in [3.63, 3.8) is 0 Å². The number of carbonyl (C=O) groups excluding carboxylic acids is 1. The summed E-state index contributed by atoms with van der Waals surface area (Å²) in [5.41, 5.74) is 1.24. The lowest BCUT2D eigenvalue weighted by Gasteiger charge is -2.23. The molecule has 1 aliphatic heterocycles. The molecule has 0 aromatic heterocycles. The largest absolute Gasteiger partial charge is 0.486 e. The van der Waals surface area contributed by atoms with Gasteiger partial charge in [-0.05, 0) is 36.8 Å². The molecule has 1 atom stereocenters. The molecule has 2 aromatic rings. The number of nitrogens with zero attached hydrogens (tertiary/aromatic N) is 1. The first-order valence-corrected chi connectivity index (χ1v) is 9.06. The molecule has 0 saturated heterocycles. The molecular formula is C18H18BrN3O5. The third-order valence-corrected chi connectivity index (χ3v) is 4.87. The summed E-state index contributed by atoms with van der Waals surface area (Å²) >= 11 is 3.51. The predicted molar refractivity (Wildman–Crippen MR) is 104 cm³/mol. The molecule has 0 bridgehead atoms. The van der Waals surface area contributed by atoms with Crippen LogP contribution in [-0.4, -0.2) is 31.1 Å².